The fraction of sp³-hybridized carbons (Fsp3) is 0.476. The van der Waals surface area contributed by atoms with Crippen LogP contribution in [0.5, 0.6) is 0 Å². The Morgan fingerprint density at radius 1 is 1.15 bits per heavy atom. The molecule has 1 aromatic carbocycles. The average Bonchev–Trinajstić information content (AvgIpc) is 2.91. The summed E-state index contributed by atoms with van der Waals surface area (Å²) in [4.78, 5) is 4.41. The molecule has 1 saturated heterocycles. The van der Waals surface area contributed by atoms with Crippen molar-refractivity contribution in [2.75, 3.05) is 0 Å². The van der Waals surface area contributed by atoms with Gasteiger partial charge in [-0.3, -0.25) is 5.01 Å². The zero-order valence-corrected chi connectivity index (χ0v) is 16.3. The van der Waals surface area contributed by atoms with E-state index < -0.39 is 0 Å². The average molecular weight is 352 g/mol. The number of piperidine rings is 1. The summed E-state index contributed by atoms with van der Waals surface area (Å²) in [5.74, 6) is 0.700. The lowest BCUT2D eigenvalue weighted by molar-refractivity contribution is 0.0821. The lowest BCUT2D eigenvalue weighted by Crippen LogP contribution is -2.63. The van der Waals surface area contributed by atoms with Crippen LogP contribution in [0, 0.1) is 6.92 Å². The number of aryl methyl sites for hydroxylation is 1. The quantitative estimate of drug-likeness (QED) is 0.851. The van der Waals surface area contributed by atoms with E-state index in [1.54, 1.807) is 0 Å². The topological polar surface area (TPSA) is 53.3 Å². The van der Waals surface area contributed by atoms with Crippen molar-refractivity contribution < 1.29 is 4.42 Å². The maximum Gasteiger partial charge on any atom is 0.192 e. The molecule has 138 valence electrons. The highest BCUT2D eigenvalue weighted by atomic mass is 16.3. The molecule has 5 heteroatoms. The van der Waals surface area contributed by atoms with Crippen LogP contribution in [-0.2, 0) is 0 Å². The van der Waals surface area contributed by atoms with Crippen molar-refractivity contribution in [1.29, 1.82) is 0 Å². The smallest absolute Gasteiger partial charge is 0.192 e. The molecule has 0 aliphatic carbocycles. The minimum Gasteiger partial charge on any atom is -0.441 e. The first-order valence-electron chi connectivity index (χ1n) is 9.32. The van der Waals surface area contributed by atoms with Gasteiger partial charge in [-0.05, 0) is 64.8 Å². The van der Waals surface area contributed by atoms with Gasteiger partial charge in [0.05, 0.1) is 11.7 Å². The van der Waals surface area contributed by atoms with E-state index >= 15 is 0 Å². The van der Waals surface area contributed by atoms with Crippen molar-refractivity contribution in [2.24, 2.45) is 0 Å². The van der Waals surface area contributed by atoms with Crippen LogP contribution in [0.15, 0.2) is 41.0 Å². The molecule has 0 unspecified atom stereocenters. The maximum atomic E-state index is 5.74. The summed E-state index contributed by atoms with van der Waals surface area (Å²) in [6.07, 6.45) is 8.36. The first kappa shape index (κ1) is 17.2. The lowest BCUT2D eigenvalue weighted by atomic mass is 9.79. The molecule has 2 aliphatic rings. The Balaban J connectivity index is 1.69. The van der Waals surface area contributed by atoms with Gasteiger partial charge >= 0.3 is 0 Å². The molecule has 4 rings (SSSR count). The van der Waals surface area contributed by atoms with Gasteiger partial charge in [0, 0.05) is 29.8 Å². The van der Waals surface area contributed by atoms with Crippen LogP contribution in [0.1, 0.15) is 52.0 Å². The molecular weight excluding hydrogens is 324 g/mol. The van der Waals surface area contributed by atoms with Gasteiger partial charge in [0.2, 0.25) is 0 Å². The number of benzene rings is 1. The minimum absolute atomic E-state index is 0.0896. The molecule has 0 bridgehead atoms. The highest BCUT2D eigenvalue weighted by Crippen LogP contribution is 2.35. The standard InChI is InChI=1S/C21H28N4O/c1-14-23-17-9-8-15(11-19(17)26-14)18-7-6-10-22-25(18)16-12-20(2,3)24-21(4,5)13-16/h6-11,16,22,24H,12-13H2,1-5H3. The molecule has 3 heterocycles. The zero-order chi connectivity index (χ0) is 18.5. The third kappa shape index (κ3) is 3.23. The summed E-state index contributed by atoms with van der Waals surface area (Å²) in [6, 6.07) is 6.65. The Morgan fingerprint density at radius 3 is 2.62 bits per heavy atom. The number of hydrogen-bond donors (Lipinski definition) is 2. The highest BCUT2D eigenvalue weighted by molar-refractivity contribution is 5.79. The van der Waals surface area contributed by atoms with Crippen LogP contribution in [0.2, 0.25) is 0 Å². The predicted molar refractivity (Wildman–Crippen MR) is 105 cm³/mol. The molecule has 5 nitrogen and oxygen atoms in total. The lowest BCUT2D eigenvalue weighted by Gasteiger charge is -2.50. The van der Waals surface area contributed by atoms with Crippen LogP contribution < -0.4 is 10.7 Å². The van der Waals surface area contributed by atoms with Crippen molar-refractivity contribution in [3.8, 4) is 0 Å². The van der Waals surface area contributed by atoms with Crippen molar-refractivity contribution in [3.05, 3.63) is 48.0 Å². The summed E-state index contributed by atoms with van der Waals surface area (Å²) >= 11 is 0. The monoisotopic (exact) mass is 352 g/mol. The summed E-state index contributed by atoms with van der Waals surface area (Å²) in [6.45, 7) is 11.0. The van der Waals surface area contributed by atoms with E-state index in [9.17, 15) is 0 Å². The van der Waals surface area contributed by atoms with E-state index in [4.69, 9.17) is 4.42 Å². The third-order valence-corrected chi connectivity index (χ3v) is 5.15. The first-order valence-corrected chi connectivity index (χ1v) is 9.32. The summed E-state index contributed by atoms with van der Waals surface area (Å²) < 4.78 is 5.74. The van der Waals surface area contributed by atoms with Gasteiger partial charge in [-0.25, -0.2) is 4.98 Å². The van der Waals surface area contributed by atoms with Gasteiger partial charge in [-0.1, -0.05) is 6.07 Å². The van der Waals surface area contributed by atoms with Crippen LogP contribution in [0.25, 0.3) is 16.8 Å². The van der Waals surface area contributed by atoms with Gasteiger partial charge in [0.15, 0.2) is 11.5 Å². The van der Waals surface area contributed by atoms with Crippen molar-refractivity contribution >= 4 is 16.8 Å². The number of allylic oxidation sites excluding steroid dienone is 2. The number of hydrazine groups is 1. The van der Waals surface area contributed by atoms with Crippen molar-refractivity contribution in [2.45, 2.75) is 64.6 Å². The largest absolute Gasteiger partial charge is 0.441 e. The Bertz CT molecular complexity index is 875. The molecule has 1 fully saturated rings. The Morgan fingerprint density at radius 2 is 1.88 bits per heavy atom. The van der Waals surface area contributed by atoms with Gasteiger partial charge in [0.25, 0.3) is 0 Å². The molecule has 2 N–H and O–H groups in total. The molecule has 0 spiro atoms. The first-order chi connectivity index (χ1) is 12.2. The van der Waals surface area contributed by atoms with Crippen LogP contribution >= 0.6 is 0 Å². The molecule has 26 heavy (non-hydrogen) atoms. The second kappa shape index (κ2) is 5.88. The van der Waals surface area contributed by atoms with Gasteiger partial charge < -0.3 is 15.2 Å². The van der Waals surface area contributed by atoms with Crippen LogP contribution in [-0.4, -0.2) is 27.1 Å². The van der Waals surface area contributed by atoms with E-state index in [0.717, 1.165) is 29.5 Å². The molecular formula is C21H28N4O. The van der Waals surface area contributed by atoms with E-state index in [0.29, 0.717) is 11.9 Å². The molecule has 0 saturated carbocycles. The molecule has 0 amide bonds. The summed E-state index contributed by atoms with van der Waals surface area (Å²) in [7, 11) is 0. The normalized spacial score (nSPS) is 22.3. The Hall–Kier alpha value is -2.27. The number of fused-ring (bicyclic) bond motifs is 1. The maximum absolute atomic E-state index is 5.74. The molecule has 2 aromatic rings. The second-order valence-electron chi connectivity index (χ2n) is 8.78. The number of nitrogens with zero attached hydrogens (tertiary/aromatic N) is 2. The number of rotatable bonds is 2. The van der Waals surface area contributed by atoms with Crippen molar-refractivity contribution in [1.82, 2.24) is 20.7 Å². The highest BCUT2D eigenvalue weighted by Gasteiger charge is 2.41. The fourth-order valence-corrected chi connectivity index (χ4v) is 4.60. The SMILES string of the molecule is Cc1nc2ccc(C3=CC=CNN3C3CC(C)(C)NC(C)(C)C3)cc2o1. The molecule has 1 aromatic heterocycles. The van der Waals surface area contributed by atoms with E-state index in [2.05, 4.69) is 72.7 Å². The number of hydrogen-bond acceptors (Lipinski definition) is 5. The number of nitrogens with one attached hydrogen (secondary N) is 2. The molecule has 0 radical (unpaired) electrons. The fourth-order valence-electron chi connectivity index (χ4n) is 4.60. The number of aromatic nitrogens is 1. The molecule has 0 atom stereocenters. The minimum atomic E-state index is 0.0896. The van der Waals surface area contributed by atoms with Gasteiger partial charge in [0.1, 0.15) is 5.52 Å². The van der Waals surface area contributed by atoms with Crippen LogP contribution in [0.4, 0.5) is 0 Å². The second-order valence-corrected chi connectivity index (χ2v) is 8.78. The van der Waals surface area contributed by atoms with Crippen LogP contribution in [0.3, 0.4) is 0 Å². The van der Waals surface area contributed by atoms with Crippen molar-refractivity contribution in [3.63, 3.8) is 0 Å². The molecule has 2 aliphatic heterocycles. The Labute approximate surface area is 155 Å². The van der Waals surface area contributed by atoms with E-state index in [1.807, 2.05) is 19.2 Å². The predicted octanol–water partition coefficient (Wildman–Crippen LogP) is 4.12. The number of oxazole rings is 1. The summed E-state index contributed by atoms with van der Waals surface area (Å²) in [5.41, 5.74) is 7.70. The zero-order valence-electron chi connectivity index (χ0n) is 16.3. The van der Waals surface area contributed by atoms with E-state index in [1.165, 1.54) is 5.70 Å². The third-order valence-electron chi connectivity index (χ3n) is 5.15. The van der Waals surface area contributed by atoms with Gasteiger partial charge in [-0.15, -0.1) is 0 Å². The van der Waals surface area contributed by atoms with E-state index in [-0.39, 0.29) is 11.1 Å². The Kier molecular flexibility index (Phi) is 3.88. The van der Waals surface area contributed by atoms with Gasteiger partial charge in [-0.2, -0.15) is 0 Å². The summed E-state index contributed by atoms with van der Waals surface area (Å²) in [5, 5.41) is 6.08.